The van der Waals surface area contributed by atoms with Crippen molar-refractivity contribution in [2.45, 2.75) is 25.4 Å². The van der Waals surface area contributed by atoms with E-state index in [4.69, 9.17) is 4.74 Å². The van der Waals surface area contributed by atoms with E-state index in [1.807, 2.05) is 65.4 Å². The van der Waals surface area contributed by atoms with Crippen LogP contribution in [0.3, 0.4) is 0 Å². The van der Waals surface area contributed by atoms with Gasteiger partial charge in [-0.2, -0.15) is 0 Å². The van der Waals surface area contributed by atoms with Gasteiger partial charge in [0.2, 0.25) is 5.91 Å². The molecule has 0 spiro atoms. The first-order valence-corrected chi connectivity index (χ1v) is 11.1. The molecule has 156 valence electrons. The number of hydrogen-bond donors (Lipinski definition) is 2. The SMILES string of the molecule is CC(=O)NC(CC(=O)OCC(=O)NC(c1ccccc1)c1cccs1)c1cccs1. The maximum Gasteiger partial charge on any atom is 0.308 e. The quantitative estimate of drug-likeness (QED) is 0.494. The van der Waals surface area contributed by atoms with E-state index in [-0.39, 0.29) is 25.0 Å². The predicted octanol–water partition coefficient (Wildman–Crippen LogP) is 3.83. The lowest BCUT2D eigenvalue weighted by Gasteiger charge is -2.19. The van der Waals surface area contributed by atoms with E-state index in [9.17, 15) is 14.4 Å². The molecular formula is C22H22N2O4S2. The number of benzene rings is 1. The Morgan fingerprint density at radius 3 is 2.17 bits per heavy atom. The average Bonchev–Trinajstić information content (AvgIpc) is 3.44. The Bertz CT molecular complexity index is 956. The van der Waals surface area contributed by atoms with E-state index < -0.39 is 17.9 Å². The summed E-state index contributed by atoms with van der Waals surface area (Å²) in [6.45, 7) is 1.01. The van der Waals surface area contributed by atoms with E-state index in [0.717, 1.165) is 15.3 Å². The zero-order valence-electron chi connectivity index (χ0n) is 16.4. The molecule has 2 unspecified atom stereocenters. The summed E-state index contributed by atoms with van der Waals surface area (Å²) in [7, 11) is 0. The van der Waals surface area contributed by atoms with Gasteiger partial charge in [0, 0.05) is 16.7 Å². The van der Waals surface area contributed by atoms with Crippen molar-refractivity contribution in [2.75, 3.05) is 6.61 Å². The van der Waals surface area contributed by atoms with Crippen LogP contribution in [0.25, 0.3) is 0 Å². The van der Waals surface area contributed by atoms with Gasteiger partial charge in [0.1, 0.15) is 0 Å². The van der Waals surface area contributed by atoms with Gasteiger partial charge < -0.3 is 15.4 Å². The summed E-state index contributed by atoms with van der Waals surface area (Å²) >= 11 is 2.99. The predicted molar refractivity (Wildman–Crippen MR) is 117 cm³/mol. The second kappa shape index (κ2) is 10.7. The Labute approximate surface area is 182 Å². The highest BCUT2D eigenvalue weighted by atomic mass is 32.1. The maximum atomic E-state index is 12.5. The number of nitrogens with one attached hydrogen (secondary N) is 2. The van der Waals surface area contributed by atoms with Crippen molar-refractivity contribution in [2.24, 2.45) is 0 Å². The molecule has 1 aromatic carbocycles. The largest absolute Gasteiger partial charge is 0.456 e. The number of rotatable bonds is 9. The summed E-state index contributed by atoms with van der Waals surface area (Å²) in [6.07, 6.45) is -0.0413. The van der Waals surface area contributed by atoms with Crippen LogP contribution in [0.1, 0.15) is 40.7 Å². The molecule has 0 aliphatic rings. The van der Waals surface area contributed by atoms with Crippen molar-refractivity contribution in [1.82, 2.24) is 10.6 Å². The molecule has 0 aliphatic heterocycles. The van der Waals surface area contributed by atoms with Gasteiger partial charge in [0.05, 0.1) is 18.5 Å². The highest BCUT2D eigenvalue weighted by Crippen LogP contribution is 2.26. The minimum Gasteiger partial charge on any atom is -0.456 e. The third kappa shape index (κ3) is 6.27. The van der Waals surface area contributed by atoms with Crippen LogP contribution < -0.4 is 10.6 Å². The molecule has 0 radical (unpaired) electrons. The van der Waals surface area contributed by atoms with Crippen LogP contribution in [-0.4, -0.2) is 24.4 Å². The zero-order chi connectivity index (χ0) is 21.3. The first-order valence-electron chi connectivity index (χ1n) is 9.36. The molecule has 8 heteroatoms. The lowest BCUT2D eigenvalue weighted by Crippen LogP contribution is -2.33. The molecule has 2 aromatic heterocycles. The van der Waals surface area contributed by atoms with Crippen molar-refractivity contribution in [3.8, 4) is 0 Å². The number of carbonyl (C=O) groups excluding carboxylic acids is 3. The van der Waals surface area contributed by atoms with Crippen LogP contribution in [0.15, 0.2) is 65.4 Å². The van der Waals surface area contributed by atoms with Crippen molar-refractivity contribution in [3.05, 3.63) is 80.7 Å². The summed E-state index contributed by atoms with van der Waals surface area (Å²) in [5.41, 5.74) is 0.947. The minimum atomic E-state index is -0.551. The summed E-state index contributed by atoms with van der Waals surface area (Å²) in [4.78, 5) is 38.0. The molecule has 2 amide bonds. The van der Waals surface area contributed by atoms with Crippen LogP contribution >= 0.6 is 22.7 Å². The van der Waals surface area contributed by atoms with E-state index in [2.05, 4.69) is 10.6 Å². The Morgan fingerprint density at radius 1 is 0.900 bits per heavy atom. The second-order valence-electron chi connectivity index (χ2n) is 6.56. The van der Waals surface area contributed by atoms with Crippen molar-refractivity contribution in [3.63, 3.8) is 0 Å². The van der Waals surface area contributed by atoms with Gasteiger partial charge in [-0.25, -0.2) is 0 Å². The molecule has 0 aliphatic carbocycles. The Kier molecular flexibility index (Phi) is 7.75. The topological polar surface area (TPSA) is 84.5 Å². The van der Waals surface area contributed by atoms with Crippen LogP contribution in [-0.2, 0) is 19.1 Å². The van der Waals surface area contributed by atoms with Crippen LogP contribution in [0.5, 0.6) is 0 Å². The minimum absolute atomic E-state index is 0.0413. The molecule has 3 aromatic rings. The molecule has 2 atom stereocenters. The molecule has 2 N–H and O–H groups in total. The maximum absolute atomic E-state index is 12.5. The van der Waals surface area contributed by atoms with Crippen LogP contribution in [0.4, 0.5) is 0 Å². The Hall–Kier alpha value is -2.97. The second-order valence-corrected chi connectivity index (χ2v) is 8.52. The molecule has 3 rings (SSSR count). The van der Waals surface area contributed by atoms with Gasteiger partial charge in [0.15, 0.2) is 6.61 Å². The fourth-order valence-electron chi connectivity index (χ4n) is 2.95. The first-order chi connectivity index (χ1) is 14.5. The Balaban J connectivity index is 1.57. The van der Waals surface area contributed by atoms with Gasteiger partial charge in [-0.1, -0.05) is 42.5 Å². The fourth-order valence-corrected chi connectivity index (χ4v) is 4.53. The van der Waals surface area contributed by atoms with Gasteiger partial charge >= 0.3 is 5.97 Å². The number of amides is 2. The molecule has 0 saturated heterocycles. The molecule has 0 bridgehead atoms. The summed E-state index contributed by atoms with van der Waals surface area (Å²) in [5.74, 6) is -1.18. The summed E-state index contributed by atoms with van der Waals surface area (Å²) in [6, 6.07) is 16.4. The van der Waals surface area contributed by atoms with Crippen molar-refractivity contribution >= 4 is 40.5 Å². The molecule has 6 nitrogen and oxygen atoms in total. The molecule has 2 heterocycles. The highest BCUT2D eigenvalue weighted by molar-refractivity contribution is 7.10. The molecule has 0 saturated carbocycles. The van der Waals surface area contributed by atoms with Gasteiger partial charge in [0.25, 0.3) is 5.91 Å². The lowest BCUT2D eigenvalue weighted by atomic mass is 10.1. The van der Waals surface area contributed by atoms with E-state index in [1.54, 1.807) is 11.3 Å². The smallest absolute Gasteiger partial charge is 0.308 e. The third-order valence-corrected chi connectivity index (χ3v) is 6.19. The Morgan fingerprint density at radius 2 is 1.57 bits per heavy atom. The van der Waals surface area contributed by atoms with E-state index in [1.165, 1.54) is 18.3 Å². The van der Waals surface area contributed by atoms with Crippen LogP contribution in [0, 0.1) is 0 Å². The summed E-state index contributed by atoms with van der Waals surface area (Å²) in [5, 5.41) is 9.50. The molecule has 0 fully saturated rings. The molecule has 30 heavy (non-hydrogen) atoms. The lowest BCUT2D eigenvalue weighted by molar-refractivity contribution is -0.149. The highest BCUT2D eigenvalue weighted by Gasteiger charge is 2.21. The first kappa shape index (κ1) is 21.7. The van der Waals surface area contributed by atoms with Gasteiger partial charge in [-0.05, 0) is 28.5 Å². The normalized spacial score (nSPS) is 12.6. The van der Waals surface area contributed by atoms with E-state index in [0.29, 0.717) is 0 Å². The number of ether oxygens (including phenoxy) is 1. The number of esters is 1. The van der Waals surface area contributed by atoms with Gasteiger partial charge in [-0.3, -0.25) is 14.4 Å². The third-order valence-electron chi connectivity index (χ3n) is 4.27. The van der Waals surface area contributed by atoms with E-state index >= 15 is 0 Å². The van der Waals surface area contributed by atoms with Crippen LogP contribution in [0.2, 0.25) is 0 Å². The number of hydrogen-bond acceptors (Lipinski definition) is 6. The van der Waals surface area contributed by atoms with Crippen molar-refractivity contribution < 1.29 is 19.1 Å². The summed E-state index contributed by atoms with van der Waals surface area (Å²) < 4.78 is 5.17. The average molecular weight is 443 g/mol. The van der Waals surface area contributed by atoms with Crippen molar-refractivity contribution in [1.29, 1.82) is 0 Å². The standard InChI is InChI=1S/C22H22N2O4S2/c1-15(25)23-17(18-9-5-11-29-18)13-21(27)28-14-20(26)24-22(19-10-6-12-30-19)16-7-3-2-4-8-16/h2-12,17,22H,13-14H2,1H3,(H,23,25)(H,24,26). The van der Waals surface area contributed by atoms with Gasteiger partial charge in [-0.15, -0.1) is 22.7 Å². The molecular weight excluding hydrogens is 420 g/mol. The fraction of sp³-hybridized carbons (Fsp3) is 0.227. The monoisotopic (exact) mass is 442 g/mol. The number of carbonyl (C=O) groups is 3. The number of thiophene rings is 2. The zero-order valence-corrected chi connectivity index (χ0v) is 18.0.